The Balaban J connectivity index is 2.73. The fourth-order valence-electron chi connectivity index (χ4n) is 1.35. The molecule has 0 aliphatic carbocycles. The number of benzene rings is 1. The number of hydrogen-bond acceptors (Lipinski definition) is 3. The molecule has 0 aliphatic rings. The van der Waals surface area contributed by atoms with Crippen molar-refractivity contribution in [2.75, 3.05) is 6.61 Å². The standard InChI is InChI=1S/C10H7Cl2FN2O/c1-2-16-6-4-3-5-8(7(6)13)14-10(12)15-9(5)11/h3-4H,2H2,1H3. The van der Waals surface area contributed by atoms with E-state index in [4.69, 9.17) is 27.9 Å². The lowest BCUT2D eigenvalue weighted by Crippen LogP contribution is -1.97. The first-order chi connectivity index (χ1) is 7.63. The molecule has 0 atom stereocenters. The molecule has 0 radical (unpaired) electrons. The molecule has 16 heavy (non-hydrogen) atoms. The van der Waals surface area contributed by atoms with Crippen LogP contribution in [0, 0.1) is 5.82 Å². The molecule has 0 N–H and O–H groups in total. The molecule has 1 heterocycles. The van der Waals surface area contributed by atoms with Crippen LogP contribution in [0.3, 0.4) is 0 Å². The summed E-state index contributed by atoms with van der Waals surface area (Å²) in [5.41, 5.74) is 0.0657. The van der Waals surface area contributed by atoms with Crippen LogP contribution >= 0.6 is 23.2 Å². The van der Waals surface area contributed by atoms with Crippen molar-refractivity contribution in [2.45, 2.75) is 6.92 Å². The van der Waals surface area contributed by atoms with Gasteiger partial charge in [-0.2, -0.15) is 0 Å². The normalized spacial score (nSPS) is 10.8. The summed E-state index contributed by atoms with van der Waals surface area (Å²) in [5.74, 6) is -0.452. The van der Waals surface area contributed by atoms with Crippen LogP contribution in [0.15, 0.2) is 12.1 Å². The van der Waals surface area contributed by atoms with Crippen LogP contribution in [-0.2, 0) is 0 Å². The Hall–Kier alpha value is -1.13. The van der Waals surface area contributed by atoms with Gasteiger partial charge >= 0.3 is 0 Å². The van der Waals surface area contributed by atoms with Gasteiger partial charge in [0.1, 0.15) is 10.7 Å². The number of ether oxygens (including phenoxy) is 1. The molecule has 0 saturated heterocycles. The quantitative estimate of drug-likeness (QED) is 0.613. The molecule has 84 valence electrons. The van der Waals surface area contributed by atoms with Crippen LogP contribution in [-0.4, -0.2) is 16.6 Å². The van der Waals surface area contributed by atoms with Gasteiger partial charge in [0.05, 0.1) is 6.61 Å². The van der Waals surface area contributed by atoms with E-state index in [1.165, 1.54) is 6.07 Å². The van der Waals surface area contributed by atoms with Crippen molar-refractivity contribution in [3.63, 3.8) is 0 Å². The number of nitrogens with zero attached hydrogens (tertiary/aromatic N) is 2. The summed E-state index contributed by atoms with van der Waals surface area (Å²) in [4.78, 5) is 7.52. The van der Waals surface area contributed by atoms with Crippen molar-refractivity contribution in [3.05, 3.63) is 28.4 Å². The fourth-order valence-corrected chi connectivity index (χ4v) is 1.79. The maximum Gasteiger partial charge on any atom is 0.224 e. The number of fused-ring (bicyclic) bond motifs is 1. The van der Waals surface area contributed by atoms with Gasteiger partial charge in [-0.1, -0.05) is 11.6 Å². The van der Waals surface area contributed by atoms with Crippen molar-refractivity contribution in [1.29, 1.82) is 0 Å². The van der Waals surface area contributed by atoms with Crippen molar-refractivity contribution in [2.24, 2.45) is 0 Å². The molecule has 3 nitrogen and oxygen atoms in total. The molecule has 0 unspecified atom stereocenters. The van der Waals surface area contributed by atoms with Gasteiger partial charge in [-0.3, -0.25) is 0 Å². The molecule has 0 aliphatic heterocycles. The maximum atomic E-state index is 13.9. The van der Waals surface area contributed by atoms with Crippen molar-refractivity contribution >= 4 is 34.1 Å². The second-order valence-electron chi connectivity index (χ2n) is 2.99. The van der Waals surface area contributed by atoms with Gasteiger partial charge in [-0.25, -0.2) is 14.4 Å². The van der Waals surface area contributed by atoms with Crippen LogP contribution in [0.1, 0.15) is 6.92 Å². The van der Waals surface area contributed by atoms with Crippen LogP contribution in [0.2, 0.25) is 10.4 Å². The molecule has 2 rings (SSSR count). The zero-order valence-corrected chi connectivity index (χ0v) is 9.81. The Morgan fingerprint density at radius 1 is 1.31 bits per heavy atom. The van der Waals surface area contributed by atoms with E-state index in [9.17, 15) is 4.39 Å². The maximum absolute atomic E-state index is 13.9. The second-order valence-corrected chi connectivity index (χ2v) is 3.69. The van der Waals surface area contributed by atoms with Gasteiger partial charge in [0, 0.05) is 5.39 Å². The van der Waals surface area contributed by atoms with Crippen molar-refractivity contribution < 1.29 is 9.13 Å². The van der Waals surface area contributed by atoms with E-state index in [0.717, 1.165) is 0 Å². The van der Waals surface area contributed by atoms with Crippen molar-refractivity contribution in [3.8, 4) is 5.75 Å². The van der Waals surface area contributed by atoms with E-state index in [-0.39, 0.29) is 21.7 Å². The highest BCUT2D eigenvalue weighted by Crippen LogP contribution is 2.29. The number of halogens is 3. The first kappa shape index (κ1) is 11.4. The van der Waals surface area contributed by atoms with Crippen LogP contribution in [0.4, 0.5) is 4.39 Å². The molecule has 0 fully saturated rings. The zero-order valence-electron chi connectivity index (χ0n) is 8.30. The minimum Gasteiger partial charge on any atom is -0.491 e. The highest BCUT2D eigenvalue weighted by atomic mass is 35.5. The monoisotopic (exact) mass is 260 g/mol. The molecule has 1 aromatic heterocycles. The third-order valence-electron chi connectivity index (χ3n) is 2.00. The molecular weight excluding hydrogens is 254 g/mol. The summed E-state index contributed by atoms with van der Waals surface area (Å²) in [5, 5.41) is 0.439. The first-order valence-electron chi connectivity index (χ1n) is 4.57. The van der Waals surface area contributed by atoms with Crippen molar-refractivity contribution in [1.82, 2.24) is 9.97 Å². The largest absolute Gasteiger partial charge is 0.491 e. The molecule has 2 aromatic rings. The number of rotatable bonds is 2. The lowest BCUT2D eigenvalue weighted by Gasteiger charge is -2.07. The number of aromatic nitrogens is 2. The van der Waals surface area contributed by atoms with E-state index < -0.39 is 5.82 Å². The average Bonchev–Trinajstić information content (AvgIpc) is 2.23. The van der Waals surface area contributed by atoms with E-state index >= 15 is 0 Å². The first-order valence-corrected chi connectivity index (χ1v) is 5.33. The summed E-state index contributed by atoms with van der Waals surface area (Å²) >= 11 is 11.4. The third-order valence-corrected chi connectivity index (χ3v) is 2.45. The summed E-state index contributed by atoms with van der Waals surface area (Å²) in [6, 6.07) is 3.09. The number of hydrogen-bond donors (Lipinski definition) is 0. The van der Waals surface area contributed by atoms with Gasteiger partial charge in [0.15, 0.2) is 11.6 Å². The van der Waals surface area contributed by atoms with Crippen LogP contribution in [0.5, 0.6) is 5.75 Å². The second kappa shape index (κ2) is 4.39. The predicted molar refractivity (Wildman–Crippen MR) is 60.7 cm³/mol. The molecule has 0 spiro atoms. The summed E-state index contributed by atoms with van der Waals surface area (Å²) in [6.45, 7) is 2.14. The van der Waals surface area contributed by atoms with Gasteiger partial charge in [0.25, 0.3) is 0 Å². The average molecular weight is 261 g/mol. The Morgan fingerprint density at radius 3 is 2.75 bits per heavy atom. The summed E-state index contributed by atoms with van der Waals surface area (Å²) in [7, 11) is 0. The molecule has 6 heteroatoms. The molecular formula is C10H7Cl2FN2O. The summed E-state index contributed by atoms with van der Waals surface area (Å²) in [6.07, 6.45) is 0. The molecule has 0 bridgehead atoms. The SMILES string of the molecule is CCOc1ccc2c(Cl)nc(Cl)nc2c1F. The molecule has 0 saturated carbocycles. The minimum absolute atomic E-state index is 0.0657. The topological polar surface area (TPSA) is 35.0 Å². The van der Waals surface area contributed by atoms with E-state index in [0.29, 0.717) is 12.0 Å². The smallest absolute Gasteiger partial charge is 0.224 e. The summed E-state index contributed by atoms with van der Waals surface area (Å²) < 4.78 is 19.0. The Morgan fingerprint density at radius 2 is 2.06 bits per heavy atom. The molecule has 0 amide bonds. The Labute approximate surface area is 101 Å². The predicted octanol–water partition coefficient (Wildman–Crippen LogP) is 3.47. The van der Waals surface area contributed by atoms with Crippen LogP contribution < -0.4 is 4.74 Å². The van der Waals surface area contributed by atoms with E-state index in [1.54, 1.807) is 13.0 Å². The Kier molecular flexibility index (Phi) is 3.12. The van der Waals surface area contributed by atoms with Gasteiger partial charge in [-0.05, 0) is 30.7 Å². The van der Waals surface area contributed by atoms with E-state index in [1.807, 2.05) is 0 Å². The fraction of sp³-hybridized carbons (Fsp3) is 0.200. The molecule has 1 aromatic carbocycles. The zero-order chi connectivity index (χ0) is 11.7. The lowest BCUT2D eigenvalue weighted by molar-refractivity contribution is 0.323. The Bertz CT molecular complexity index is 548. The minimum atomic E-state index is -0.578. The van der Waals surface area contributed by atoms with Crippen LogP contribution in [0.25, 0.3) is 10.9 Å². The van der Waals surface area contributed by atoms with E-state index in [2.05, 4.69) is 9.97 Å². The highest BCUT2D eigenvalue weighted by Gasteiger charge is 2.13. The highest BCUT2D eigenvalue weighted by molar-refractivity contribution is 6.35. The lowest BCUT2D eigenvalue weighted by atomic mass is 10.2. The van der Waals surface area contributed by atoms with Gasteiger partial charge in [-0.15, -0.1) is 0 Å². The van der Waals surface area contributed by atoms with Gasteiger partial charge in [0.2, 0.25) is 5.28 Å². The third kappa shape index (κ3) is 1.90. The van der Waals surface area contributed by atoms with Gasteiger partial charge < -0.3 is 4.74 Å².